The Morgan fingerprint density at radius 3 is 2.36 bits per heavy atom. The molecule has 0 aliphatic carbocycles. The Bertz CT molecular complexity index is 1140. The van der Waals surface area contributed by atoms with E-state index in [9.17, 15) is 22.8 Å². The Kier molecular flexibility index (Phi) is 5.16. The Labute approximate surface area is 162 Å². The lowest BCUT2D eigenvalue weighted by Crippen LogP contribution is -2.23. The van der Waals surface area contributed by atoms with Gasteiger partial charge in [-0.1, -0.05) is 16.8 Å². The highest BCUT2D eigenvalue weighted by atomic mass is 35.5. The van der Waals surface area contributed by atoms with Crippen LogP contribution in [0.1, 0.15) is 30.0 Å². The standard InChI is InChI=1S/C19H14ClF3N2O3/c1-4-25-18(16-13(22)5-10(21)6-14(16)23)11(7-12(20)19(25)27)17-15(8(2)26)9(3)28-24-17/h5-7H,4H2,1-3H3. The van der Waals surface area contributed by atoms with Crippen LogP contribution in [-0.2, 0) is 6.54 Å². The first-order chi connectivity index (χ1) is 13.2. The minimum Gasteiger partial charge on any atom is -0.360 e. The number of ketones is 1. The van der Waals surface area contributed by atoms with E-state index >= 15 is 0 Å². The predicted molar refractivity (Wildman–Crippen MR) is 96.9 cm³/mol. The first-order valence-corrected chi connectivity index (χ1v) is 8.61. The zero-order chi connectivity index (χ0) is 20.7. The Morgan fingerprint density at radius 1 is 1.21 bits per heavy atom. The van der Waals surface area contributed by atoms with Crippen molar-refractivity contribution in [2.45, 2.75) is 27.3 Å². The van der Waals surface area contributed by atoms with Gasteiger partial charge in [-0.05, 0) is 26.8 Å². The lowest BCUT2D eigenvalue weighted by Gasteiger charge is -2.17. The average molecular weight is 411 g/mol. The molecule has 0 saturated carbocycles. The Balaban J connectivity index is 2.53. The van der Waals surface area contributed by atoms with Gasteiger partial charge in [0, 0.05) is 24.2 Å². The monoisotopic (exact) mass is 410 g/mol. The van der Waals surface area contributed by atoms with Crippen LogP contribution >= 0.6 is 11.6 Å². The Hall–Kier alpha value is -2.87. The molecule has 0 bridgehead atoms. The first kappa shape index (κ1) is 19.9. The fourth-order valence-electron chi connectivity index (χ4n) is 3.12. The van der Waals surface area contributed by atoms with E-state index in [2.05, 4.69) is 5.16 Å². The van der Waals surface area contributed by atoms with Gasteiger partial charge in [0.15, 0.2) is 5.78 Å². The molecule has 0 radical (unpaired) electrons. The molecule has 0 amide bonds. The molecule has 5 nitrogen and oxygen atoms in total. The number of aromatic nitrogens is 2. The molecule has 0 saturated heterocycles. The summed E-state index contributed by atoms with van der Waals surface area (Å²) in [6.45, 7) is 4.36. The molecule has 0 N–H and O–H groups in total. The van der Waals surface area contributed by atoms with Gasteiger partial charge in [0.25, 0.3) is 5.56 Å². The second-order valence-electron chi connectivity index (χ2n) is 6.07. The van der Waals surface area contributed by atoms with Crippen molar-refractivity contribution < 1.29 is 22.5 Å². The van der Waals surface area contributed by atoms with Crippen molar-refractivity contribution in [1.29, 1.82) is 0 Å². The van der Waals surface area contributed by atoms with Gasteiger partial charge in [-0.25, -0.2) is 13.2 Å². The zero-order valence-corrected chi connectivity index (χ0v) is 15.8. The van der Waals surface area contributed by atoms with Crippen molar-refractivity contribution in [2.24, 2.45) is 0 Å². The van der Waals surface area contributed by atoms with E-state index in [1.807, 2.05) is 0 Å². The highest BCUT2D eigenvalue weighted by Gasteiger charge is 2.27. The van der Waals surface area contributed by atoms with Crippen LogP contribution in [0.3, 0.4) is 0 Å². The second kappa shape index (κ2) is 7.27. The van der Waals surface area contributed by atoms with Crippen LogP contribution in [0, 0.1) is 24.4 Å². The van der Waals surface area contributed by atoms with Crippen molar-refractivity contribution in [1.82, 2.24) is 9.72 Å². The average Bonchev–Trinajstić information content (AvgIpc) is 2.98. The summed E-state index contributed by atoms with van der Waals surface area (Å²) in [6.07, 6.45) is 0. The molecule has 9 heteroatoms. The molecule has 0 spiro atoms. The van der Waals surface area contributed by atoms with E-state index in [1.165, 1.54) is 13.8 Å². The number of hydrogen-bond acceptors (Lipinski definition) is 4. The molecular formula is C19H14ClF3N2O3. The molecule has 2 heterocycles. The third kappa shape index (κ3) is 3.13. The number of carbonyl (C=O) groups is 1. The van der Waals surface area contributed by atoms with E-state index < -0.39 is 34.4 Å². The number of nitrogens with zero attached hydrogens (tertiary/aromatic N) is 2. The summed E-state index contributed by atoms with van der Waals surface area (Å²) < 4.78 is 48.6. The maximum atomic E-state index is 14.6. The van der Waals surface area contributed by atoms with E-state index in [0.717, 1.165) is 10.6 Å². The number of halogens is 4. The SMILES string of the molecule is CCn1c(-c2c(F)cc(F)cc2F)c(-c2noc(C)c2C(C)=O)cc(Cl)c1=O. The number of carbonyl (C=O) groups excluding carboxylic acids is 1. The number of hydrogen-bond donors (Lipinski definition) is 0. The molecule has 146 valence electrons. The molecule has 3 aromatic rings. The van der Waals surface area contributed by atoms with Crippen LogP contribution < -0.4 is 5.56 Å². The summed E-state index contributed by atoms with van der Waals surface area (Å²) in [5, 5.41) is 3.59. The maximum absolute atomic E-state index is 14.6. The van der Waals surface area contributed by atoms with Crippen molar-refractivity contribution in [3.63, 3.8) is 0 Å². The van der Waals surface area contributed by atoms with Crippen LogP contribution in [0.25, 0.3) is 22.5 Å². The predicted octanol–water partition coefficient (Wildman–Crippen LogP) is 4.77. The second-order valence-corrected chi connectivity index (χ2v) is 6.47. The minimum atomic E-state index is -1.22. The van der Waals surface area contributed by atoms with Gasteiger partial charge in [0.2, 0.25) is 0 Å². The Morgan fingerprint density at radius 2 is 1.82 bits per heavy atom. The number of pyridine rings is 1. The third-order valence-electron chi connectivity index (χ3n) is 4.28. The summed E-state index contributed by atoms with van der Waals surface area (Å²) in [7, 11) is 0. The smallest absolute Gasteiger partial charge is 0.269 e. The summed E-state index contributed by atoms with van der Waals surface area (Å²) >= 11 is 6.03. The summed E-state index contributed by atoms with van der Waals surface area (Å²) in [5.41, 5.74) is -1.48. The van der Waals surface area contributed by atoms with Crippen LogP contribution in [0.5, 0.6) is 0 Å². The van der Waals surface area contributed by atoms with Crippen molar-refractivity contribution in [3.8, 4) is 22.5 Å². The molecule has 1 aromatic carbocycles. The fraction of sp³-hybridized carbons (Fsp3) is 0.211. The number of rotatable bonds is 4. The van der Waals surface area contributed by atoms with Gasteiger partial charge in [-0.15, -0.1) is 0 Å². The van der Waals surface area contributed by atoms with Crippen LogP contribution in [0.2, 0.25) is 5.02 Å². The van der Waals surface area contributed by atoms with E-state index in [0.29, 0.717) is 12.1 Å². The summed E-state index contributed by atoms with van der Waals surface area (Å²) in [6, 6.07) is 2.17. The normalized spacial score (nSPS) is 11.1. The van der Waals surface area contributed by atoms with Crippen LogP contribution in [0.4, 0.5) is 13.2 Å². The van der Waals surface area contributed by atoms with E-state index in [1.54, 1.807) is 6.92 Å². The van der Waals surface area contributed by atoms with Gasteiger partial charge in [0.1, 0.15) is 33.9 Å². The zero-order valence-electron chi connectivity index (χ0n) is 15.1. The molecule has 0 fully saturated rings. The molecule has 0 aliphatic rings. The van der Waals surface area contributed by atoms with E-state index in [-0.39, 0.29) is 39.8 Å². The third-order valence-corrected chi connectivity index (χ3v) is 4.55. The minimum absolute atomic E-state index is 0.00419. The van der Waals surface area contributed by atoms with Crippen molar-refractivity contribution in [3.05, 3.63) is 62.4 Å². The van der Waals surface area contributed by atoms with Crippen LogP contribution in [-0.4, -0.2) is 15.5 Å². The largest absolute Gasteiger partial charge is 0.360 e. The summed E-state index contributed by atoms with van der Waals surface area (Å²) in [5.74, 6) is -3.75. The van der Waals surface area contributed by atoms with Gasteiger partial charge >= 0.3 is 0 Å². The van der Waals surface area contributed by atoms with Crippen molar-refractivity contribution >= 4 is 17.4 Å². The topological polar surface area (TPSA) is 65.1 Å². The maximum Gasteiger partial charge on any atom is 0.269 e. The lowest BCUT2D eigenvalue weighted by molar-refractivity contribution is 0.101. The van der Waals surface area contributed by atoms with Gasteiger partial charge in [-0.3, -0.25) is 9.59 Å². The van der Waals surface area contributed by atoms with Crippen molar-refractivity contribution in [2.75, 3.05) is 0 Å². The van der Waals surface area contributed by atoms with Gasteiger partial charge in [0.05, 0.1) is 16.8 Å². The molecule has 0 atom stereocenters. The molecule has 28 heavy (non-hydrogen) atoms. The van der Waals surface area contributed by atoms with Gasteiger partial charge in [-0.2, -0.15) is 0 Å². The lowest BCUT2D eigenvalue weighted by atomic mass is 9.97. The summed E-state index contributed by atoms with van der Waals surface area (Å²) in [4.78, 5) is 24.5. The molecule has 0 unspecified atom stereocenters. The quantitative estimate of drug-likeness (QED) is 0.581. The fourth-order valence-corrected chi connectivity index (χ4v) is 3.33. The number of aryl methyl sites for hydroxylation is 1. The molecule has 3 rings (SSSR count). The highest BCUT2D eigenvalue weighted by molar-refractivity contribution is 6.30. The first-order valence-electron chi connectivity index (χ1n) is 8.23. The van der Waals surface area contributed by atoms with Gasteiger partial charge < -0.3 is 9.09 Å². The molecular weight excluding hydrogens is 397 g/mol. The van der Waals surface area contributed by atoms with Crippen LogP contribution in [0.15, 0.2) is 27.5 Å². The number of benzene rings is 1. The molecule has 0 aliphatic heterocycles. The highest BCUT2D eigenvalue weighted by Crippen LogP contribution is 2.37. The number of Topliss-reactive ketones (excluding diaryl/α,β-unsaturated/α-hetero) is 1. The van der Waals surface area contributed by atoms with E-state index in [4.69, 9.17) is 16.1 Å². The molecule has 2 aromatic heterocycles.